The predicted molar refractivity (Wildman–Crippen MR) is 69.4 cm³/mol. The molecule has 0 unspecified atom stereocenters. The van der Waals surface area contributed by atoms with Gasteiger partial charge >= 0.3 is 0 Å². The van der Waals surface area contributed by atoms with E-state index in [1.54, 1.807) is 18.3 Å². The number of rotatable bonds is 1. The first-order valence-electron chi connectivity index (χ1n) is 4.45. The summed E-state index contributed by atoms with van der Waals surface area (Å²) in [4.78, 5) is 4.24. The molecule has 1 aromatic heterocycles. The smallest absolute Gasteiger partial charge is 0.123 e. The number of aromatic nitrogens is 1. The van der Waals surface area contributed by atoms with Gasteiger partial charge in [0.2, 0.25) is 0 Å². The van der Waals surface area contributed by atoms with Crippen molar-refractivity contribution in [3.63, 3.8) is 0 Å². The summed E-state index contributed by atoms with van der Waals surface area (Å²) in [5, 5.41) is 0. The largest absolute Gasteiger partial charge is 0.397 e. The fraction of sp³-hybridized carbons (Fsp3) is 0. The SMILES string of the molecule is Nc1c(Br)cnc(-c2ccc(F)cc2)c1Br. The lowest BCUT2D eigenvalue weighted by Crippen LogP contribution is -1.94. The van der Waals surface area contributed by atoms with Gasteiger partial charge in [0.15, 0.2) is 0 Å². The second kappa shape index (κ2) is 4.51. The standard InChI is InChI=1S/C11H7Br2FN2/c12-8-5-16-11(9(13)10(8)15)6-1-3-7(14)4-2-6/h1-5H,(H2,15,16). The second-order valence-corrected chi connectivity index (χ2v) is 4.84. The van der Waals surface area contributed by atoms with Crippen molar-refractivity contribution in [2.75, 3.05) is 5.73 Å². The van der Waals surface area contributed by atoms with E-state index in [1.165, 1.54) is 12.1 Å². The zero-order valence-corrected chi connectivity index (χ0v) is 11.2. The summed E-state index contributed by atoms with van der Waals surface area (Å²) in [6, 6.07) is 6.11. The fourth-order valence-electron chi connectivity index (χ4n) is 1.29. The molecule has 5 heteroatoms. The van der Waals surface area contributed by atoms with Crippen molar-refractivity contribution >= 4 is 37.5 Å². The molecule has 0 saturated carbocycles. The molecule has 2 N–H and O–H groups in total. The van der Waals surface area contributed by atoms with E-state index in [2.05, 4.69) is 36.8 Å². The van der Waals surface area contributed by atoms with Crippen LogP contribution in [-0.2, 0) is 0 Å². The Balaban J connectivity index is 2.57. The third-order valence-corrected chi connectivity index (χ3v) is 3.56. The fourth-order valence-corrected chi connectivity index (χ4v) is 2.40. The molecular weight excluding hydrogens is 339 g/mol. The minimum absolute atomic E-state index is 0.273. The van der Waals surface area contributed by atoms with Gasteiger partial charge in [-0.15, -0.1) is 0 Å². The Morgan fingerprint density at radius 3 is 2.38 bits per heavy atom. The Morgan fingerprint density at radius 2 is 1.75 bits per heavy atom. The Kier molecular flexibility index (Phi) is 3.25. The van der Waals surface area contributed by atoms with Crippen LogP contribution in [0, 0.1) is 5.82 Å². The van der Waals surface area contributed by atoms with Gasteiger partial charge in [-0.2, -0.15) is 0 Å². The molecule has 0 fully saturated rings. The first-order chi connectivity index (χ1) is 7.59. The molecule has 0 atom stereocenters. The number of pyridine rings is 1. The van der Waals surface area contributed by atoms with Gasteiger partial charge in [0.1, 0.15) is 5.82 Å². The van der Waals surface area contributed by atoms with Crippen LogP contribution < -0.4 is 5.73 Å². The van der Waals surface area contributed by atoms with Crippen LogP contribution in [0.25, 0.3) is 11.3 Å². The Labute approximate surface area is 109 Å². The van der Waals surface area contributed by atoms with Gasteiger partial charge in [-0.3, -0.25) is 4.98 Å². The molecule has 0 bridgehead atoms. The normalized spacial score (nSPS) is 10.4. The number of nitrogen functional groups attached to an aromatic ring is 1. The number of hydrogen-bond donors (Lipinski definition) is 1. The van der Waals surface area contributed by atoms with Gasteiger partial charge in [-0.1, -0.05) is 0 Å². The number of hydrogen-bond acceptors (Lipinski definition) is 2. The van der Waals surface area contributed by atoms with Crippen LogP contribution in [0.2, 0.25) is 0 Å². The molecule has 0 spiro atoms. The lowest BCUT2D eigenvalue weighted by atomic mass is 10.1. The van der Waals surface area contributed by atoms with Crippen molar-refractivity contribution in [2.45, 2.75) is 0 Å². The van der Waals surface area contributed by atoms with Gasteiger partial charge in [0.25, 0.3) is 0 Å². The molecule has 0 aliphatic carbocycles. The minimum atomic E-state index is -0.273. The topological polar surface area (TPSA) is 38.9 Å². The van der Waals surface area contributed by atoms with Gasteiger partial charge < -0.3 is 5.73 Å². The summed E-state index contributed by atoms with van der Waals surface area (Å²) in [7, 11) is 0. The van der Waals surface area contributed by atoms with Crippen molar-refractivity contribution in [2.24, 2.45) is 0 Å². The summed E-state index contributed by atoms with van der Waals surface area (Å²) in [6.07, 6.45) is 1.62. The van der Waals surface area contributed by atoms with E-state index in [-0.39, 0.29) is 5.82 Å². The zero-order chi connectivity index (χ0) is 11.7. The van der Waals surface area contributed by atoms with E-state index in [0.29, 0.717) is 15.9 Å². The maximum atomic E-state index is 12.8. The van der Waals surface area contributed by atoms with E-state index < -0.39 is 0 Å². The summed E-state index contributed by atoms with van der Waals surface area (Å²) in [5.41, 5.74) is 7.93. The molecule has 16 heavy (non-hydrogen) atoms. The summed E-state index contributed by atoms with van der Waals surface area (Å²) in [6.45, 7) is 0. The van der Waals surface area contributed by atoms with E-state index in [4.69, 9.17) is 5.73 Å². The highest BCUT2D eigenvalue weighted by atomic mass is 79.9. The monoisotopic (exact) mass is 344 g/mol. The summed E-state index contributed by atoms with van der Waals surface area (Å²) < 4.78 is 14.2. The van der Waals surface area contributed by atoms with Crippen LogP contribution in [0.5, 0.6) is 0 Å². The molecular formula is C11H7Br2FN2. The third kappa shape index (κ3) is 2.10. The molecule has 0 aliphatic rings. The molecule has 0 saturated heterocycles. The first-order valence-corrected chi connectivity index (χ1v) is 6.03. The van der Waals surface area contributed by atoms with Gasteiger partial charge in [-0.25, -0.2) is 4.39 Å². The van der Waals surface area contributed by atoms with E-state index in [9.17, 15) is 4.39 Å². The predicted octanol–water partition coefficient (Wildman–Crippen LogP) is 3.99. The van der Waals surface area contributed by atoms with Crippen LogP contribution >= 0.6 is 31.9 Å². The lowest BCUT2D eigenvalue weighted by molar-refractivity contribution is 0.628. The van der Waals surface area contributed by atoms with E-state index >= 15 is 0 Å². The highest BCUT2D eigenvalue weighted by Crippen LogP contribution is 2.34. The number of benzene rings is 1. The van der Waals surface area contributed by atoms with Crippen molar-refractivity contribution < 1.29 is 4.39 Å². The molecule has 0 radical (unpaired) electrons. The summed E-state index contributed by atoms with van der Waals surface area (Å²) >= 11 is 6.66. The Bertz CT molecular complexity index is 526. The van der Waals surface area contributed by atoms with Crippen LogP contribution in [0.4, 0.5) is 10.1 Å². The van der Waals surface area contributed by atoms with E-state index in [0.717, 1.165) is 10.0 Å². The maximum Gasteiger partial charge on any atom is 0.123 e. The molecule has 0 aliphatic heterocycles. The van der Waals surface area contributed by atoms with Crippen LogP contribution in [0.15, 0.2) is 39.4 Å². The van der Waals surface area contributed by atoms with Crippen LogP contribution in [0.1, 0.15) is 0 Å². The average Bonchev–Trinajstić information content (AvgIpc) is 2.28. The summed E-state index contributed by atoms with van der Waals surface area (Å²) in [5.74, 6) is -0.273. The van der Waals surface area contributed by atoms with Gasteiger partial charge in [0.05, 0.1) is 20.3 Å². The van der Waals surface area contributed by atoms with Crippen molar-refractivity contribution in [3.8, 4) is 11.3 Å². The Morgan fingerprint density at radius 1 is 1.12 bits per heavy atom. The molecule has 82 valence electrons. The molecule has 2 aromatic rings. The molecule has 1 heterocycles. The highest BCUT2D eigenvalue weighted by molar-refractivity contribution is 9.11. The Hall–Kier alpha value is -0.940. The van der Waals surface area contributed by atoms with Gasteiger partial charge in [0, 0.05) is 11.8 Å². The number of halogens is 3. The lowest BCUT2D eigenvalue weighted by Gasteiger charge is -2.07. The number of nitrogens with zero attached hydrogens (tertiary/aromatic N) is 1. The minimum Gasteiger partial charge on any atom is -0.397 e. The molecule has 0 amide bonds. The molecule has 2 nitrogen and oxygen atoms in total. The average molecular weight is 346 g/mol. The van der Waals surface area contributed by atoms with Gasteiger partial charge in [-0.05, 0) is 56.1 Å². The maximum absolute atomic E-state index is 12.8. The van der Waals surface area contributed by atoms with Crippen molar-refractivity contribution in [3.05, 3.63) is 45.2 Å². The third-order valence-electron chi connectivity index (χ3n) is 2.13. The molecule has 1 aromatic carbocycles. The highest BCUT2D eigenvalue weighted by Gasteiger charge is 2.10. The first kappa shape index (κ1) is 11.5. The van der Waals surface area contributed by atoms with Crippen molar-refractivity contribution in [1.29, 1.82) is 0 Å². The van der Waals surface area contributed by atoms with Crippen LogP contribution in [0.3, 0.4) is 0 Å². The second-order valence-electron chi connectivity index (χ2n) is 3.19. The molecule has 2 rings (SSSR count). The quantitative estimate of drug-likeness (QED) is 0.848. The number of anilines is 1. The van der Waals surface area contributed by atoms with Crippen LogP contribution in [-0.4, -0.2) is 4.98 Å². The zero-order valence-electron chi connectivity index (χ0n) is 8.05. The van der Waals surface area contributed by atoms with Crippen molar-refractivity contribution in [1.82, 2.24) is 4.98 Å². The number of nitrogens with two attached hydrogens (primary N) is 1. The van der Waals surface area contributed by atoms with E-state index in [1.807, 2.05) is 0 Å².